The Morgan fingerprint density at radius 1 is 1.39 bits per heavy atom. The molecule has 18 heavy (non-hydrogen) atoms. The predicted octanol–water partition coefficient (Wildman–Crippen LogP) is 1.90. The Labute approximate surface area is 110 Å². The second kappa shape index (κ2) is 6.47. The van der Waals surface area contributed by atoms with Crippen LogP contribution in [0, 0.1) is 11.3 Å². The fourth-order valence-corrected chi connectivity index (χ4v) is 2.06. The monoisotopic (exact) mass is 289 g/mol. The van der Waals surface area contributed by atoms with Crippen LogP contribution < -0.4 is 9.47 Å². The standard InChI is InChI=1S/C11H12ClNO4S/c1-16-11-7-9(8-13)3-4-10(11)17-5-2-6-18(12,14)15/h3-4,7H,2,5-6H2,1H3. The molecule has 0 aliphatic heterocycles. The summed E-state index contributed by atoms with van der Waals surface area (Å²) in [5, 5.41) is 8.72. The minimum atomic E-state index is -3.49. The quantitative estimate of drug-likeness (QED) is 0.590. The Bertz CT molecular complexity index is 551. The van der Waals surface area contributed by atoms with Crippen LogP contribution in [0.4, 0.5) is 0 Å². The van der Waals surface area contributed by atoms with E-state index in [0.29, 0.717) is 17.1 Å². The molecule has 0 radical (unpaired) electrons. The van der Waals surface area contributed by atoms with Crippen molar-refractivity contribution in [2.24, 2.45) is 0 Å². The van der Waals surface area contributed by atoms with Crippen molar-refractivity contribution in [1.82, 2.24) is 0 Å². The van der Waals surface area contributed by atoms with Crippen LogP contribution in [0.1, 0.15) is 12.0 Å². The number of nitrogens with zero attached hydrogens (tertiary/aromatic N) is 1. The van der Waals surface area contributed by atoms with E-state index < -0.39 is 9.05 Å². The van der Waals surface area contributed by atoms with Crippen molar-refractivity contribution < 1.29 is 17.9 Å². The van der Waals surface area contributed by atoms with E-state index in [4.69, 9.17) is 25.4 Å². The first kappa shape index (κ1) is 14.6. The number of benzene rings is 1. The Morgan fingerprint density at radius 3 is 2.67 bits per heavy atom. The number of halogens is 1. The molecule has 0 N–H and O–H groups in total. The van der Waals surface area contributed by atoms with Crippen molar-refractivity contribution in [3.05, 3.63) is 23.8 Å². The van der Waals surface area contributed by atoms with E-state index in [1.165, 1.54) is 7.11 Å². The van der Waals surface area contributed by atoms with Crippen LogP contribution in [0.25, 0.3) is 0 Å². The summed E-state index contributed by atoms with van der Waals surface area (Å²) in [5.41, 5.74) is 0.461. The molecule has 0 aromatic heterocycles. The van der Waals surface area contributed by atoms with Crippen LogP contribution in [0.15, 0.2) is 18.2 Å². The van der Waals surface area contributed by atoms with Crippen molar-refractivity contribution in [3.63, 3.8) is 0 Å². The molecule has 0 saturated carbocycles. The third-order valence-corrected chi connectivity index (χ3v) is 3.32. The molecular formula is C11H12ClNO4S. The van der Waals surface area contributed by atoms with E-state index in [0.717, 1.165) is 0 Å². The van der Waals surface area contributed by atoms with Crippen molar-refractivity contribution in [1.29, 1.82) is 5.26 Å². The summed E-state index contributed by atoms with van der Waals surface area (Å²) in [7, 11) is 3.05. The molecule has 0 amide bonds. The van der Waals surface area contributed by atoms with Gasteiger partial charge in [0.1, 0.15) is 0 Å². The average Bonchev–Trinajstić information content (AvgIpc) is 2.33. The Balaban J connectivity index is 2.60. The lowest BCUT2D eigenvalue weighted by atomic mass is 10.2. The zero-order valence-corrected chi connectivity index (χ0v) is 11.3. The summed E-state index contributed by atoms with van der Waals surface area (Å²) in [5.74, 6) is 0.749. The zero-order valence-electron chi connectivity index (χ0n) is 9.72. The smallest absolute Gasteiger partial charge is 0.232 e. The van der Waals surface area contributed by atoms with Crippen LogP contribution in [0.5, 0.6) is 11.5 Å². The van der Waals surface area contributed by atoms with Crippen LogP contribution in [-0.4, -0.2) is 27.9 Å². The van der Waals surface area contributed by atoms with E-state index in [1.54, 1.807) is 18.2 Å². The second-order valence-corrected chi connectivity index (χ2v) is 6.32. The average molecular weight is 290 g/mol. The second-order valence-electron chi connectivity index (χ2n) is 3.42. The number of ether oxygens (including phenoxy) is 2. The molecule has 0 heterocycles. The third kappa shape index (κ3) is 4.82. The number of rotatable bonds is 6. The van der Waals surface area contributed by atoms with Gasteiger partial charge in [0.2, 0.25) is 9.05 Å². The van der Waals surface area contributed by atoms with E-state index in [-0.39, 0.29) is 18.8 Å². The summed E-state index contributed by atoms with van der Waals surface area (Å²) in [4.78, 5) is 0. The molecule has 98 valence electrons. The molecule has 0 fully saturated rings. The third-order valence-electron chi connectivity index (χ3n) is 2.08. The maximum Gasteiger partial charge on any atom is 0.232 e. The van der Waals surface area contributed by atoms with Crippen LogP contribution >= 0.6 is 10.7 Å². The van der Waals surface area contributed by atoms with E-state index in [9.17, 15) is 8.42 Å². The topological polar surface area (TPSA) is 76.4 Å². The van der Waals surface area contributed by atoms with Gasteiger partial charge in [-0.2, -0.15) is 5.26 Å². The first-order valence-corrected chi connectivity index (χ1v) is 7.57. The number of hydrogen-bond acceptors (Lipinski definition) is 5. The highest BCUT2D eigenvalue weighted by atomic mass is 35.7. The molecule has 0 unspecified atom stereocenters. The first-order chi connectivity index (χ1) is 8.46. The molecule has 0 saturated heterocycles. The number of hydrogen-bond donors (Lipinski definition) is 0. The van der Waals surface area contributed by atoms with Crippen molar-refractivity contribution in [3.8, 4) is 17.6 Å². The van der Waals surface area contributed by atoms with Crippen LogP contribution in [0.3, 0.4) is 0 Å². The van der Waals surface area contributed by atoms with E-state index in [1.807, 2.05) is 6.07 Å². The SMILES string of the molecule is COc1cc(C#N)ccc1OCCCS(=O)(=O)Cl. The summed E-state index contributed by atoms with van der Waals surface area (Å²) in [6, 6.07) is 6.73. The summed E-state index contributed by atoms with van der Waals surface area (Å²) in [6.45, 7) is 0.203. The minimum Gasteiger partial charge on any atom is -0.493 e. The van der Waals surface area contributed by atoms with Gasteiger partial charge in [-0.1, -0.05) is 0 Å². The fourth-order valence-electron chi connectivity index (χ4n) is 1.27. The molecule has 7 heteroatoms. The van der Waals surface area contributed by atoms with Gasteiger partial charge >= 0.3 is 0 Å². The highest BCUT2D eigenvalue weighted by molar-refractivity contribution is 8.13. The van der Waals surface area contributed by atoms with Gasteiger partial charge in [0.15, 0.2) is 11.5 Å². The van der Waals surface area contributed by atoms with Gasteiger partial charge in [0, 0.05) is 16.7 Å². The normalized spacial score (nSPS) is 10.7. The number of methoxy groups -OCH3 is 1. The van der Waals surface area contributed by atoms with Gasteiger partial charge in [0.25, 0.3) is 0 Å². The van der Waals surface area contributed by atoms with Gasteiger partial charge < -0.3 is 9.47 Å². The number of nitriles is 1. The molecule has 1 aromatic carbocycles. The van der Waals surface area contributed by atoms with Crippen LogP contribution in [-0.2, 0) is 9.05 Å². The van der Waals surface area contributed by atoms with Crippen molar-refractivity contribution in [2.45, 2.75) is 6.42 Å². The van der Waals surface area contributed by atoms with Gasteiger partial charge in [-0.15, -0.1) is 0 Å². The summed E-state index contributed by atoms with van der Waals surface area (Å²) in [6.07, 6.45) is 0.287. The van der Waals surface area contributed by atoms with Crippen LogP contribution in [0.2, 0.25) is 0 Å². The fraction of sp³-hybridized carbons (Fsp3) is 0.364. The zero-order chi connectivity index (χ0) is 13.6. The first-order valence-electron chi connectivity index (χ1n) is 5.09. The lowest BCUT2D eigenvalue weighted by Gasteiger charge is -2.10. The maximum absolute atomic E-state index is 10.7. The molecule has 0 bridgehead atoms. The van der Waals surface area contributed by atoms with Gasteiger partial charge in [-0.25, -0.2) is 8.42 Å². The van der Waals surface area contributed by atoms with E-state index >= 15 is 0 Å². The molecule has 1 aromatic rings. The molecule has 5 nitrogen and oxygen atoms in total. The maximum atomic E-state index is 10.7. The summed E-state index contributed by atoms with van der Waals surface area (Å²) >= 11 is 0. The van der Waals surface area contributed by atoms with E-state index in [2.05, 4.69) is 0 Å². The van der Waals surface area contributed by atoms with Crippen molar-refractivity contribution in [2.75, 3.05) is 19.5 Å². The predicted molar refractivity (Wildman–Crippen MR) is 67.5 cm³/mol. The molecule has 0 aliphatic carbocycles. The highest BCUT2D eigenvalue weighted by Gasteiger charge is 2.08. The molecule has 0 spiro atoms. The minimum absolute atomic E-state index is 0.146. The van der Waals surface area contributed by atoms with Gasteiger partial charge in [-0.3, -0.25) is 0 Å². The molecular weight excluding hydrogens is 278 g/mol. The summed E-state index contributed by atoms with van der Waals surface area (Å²) < 4.78 is 31.8. The van der Waals surface area contributed by atoms with Crippen molar-refractivity contribution >= 4 is 19.7 Å². The Kier molecular flexibility index (Phi) is 5.25. The lowest BCUT2D eigenvalue weighted by molar-refractivity contribution is 0.294. The van der Waals surface area contributed by atoms with Gasteiger partial charge in [-0.05, 0) is 18.6 Å². The Morgan fingerprint density at radius 2 is 2.11 bits per heavy atom. The molecule has 0 atom stereocenters. The largest absolute Gasteiger partial charge is 0.493 e. The Hall–Kier alpha value is -1.45. The lowest BCUT2D eigenvalue weighted by Crippen LogP contribution is -2.05. The highest BCUT2D eigenvalue weighted by Crippen LogP contribution is 2.27. The molecule has 0 aliphatic rings. The molecule has 1 rings (SSSR count). The van der Waals surface area contributed by atoms with Gasteiger partial charge in [0.05, 0.1) is 31.1 Å².